The van der Waals surface area contributed by atoms with Crippen LogP contribution in [0.4, 0.5) is 0 Å². The molecule has 0 saturated carbocycles. The van der Waals surface area contributed by atoms with Gasteiger partial charge in [-0.15, -0.1) is 0 Å². The molecule has 0 aromatic rings. The van der Waals surface area contributed by atoms with E-state index >= 15 is 0 Å². The highest BCUT2D eigenvalue weighted by Crippen LogP contribution is 2.01. The molecular weight excluding hydrogens is 132 g/mol. The summed E-state index contributed by atoms with van der Waals surface area (Å²) in [5.74, 6) is -0.103. The third-order valence-corrected chi connectivity index (χ3v) is 1.37. The van der Waals surface area contributed by atoms with E-state index in [1.165, 1.54) is 0 Å². The van der Waals surface area contributed by atoms with Crippen molar-refractivity contribution in [3.8, 4) is 0 Å². The van der Waals surface area contributed by atoms with Crippen LogP contribution in [0.15, 0.2) is 0 Å². The molecule has 0 aliphatic heterocycles. The zero-order chi connectivity index (χ0) is 7.28. The van der Waals surface area contributed by atoms with Crippen LogP contribution >= 0.6 is 0 Å². The Bertz CT molecular complexity index is 93.1. The molecule has 51 valence electrons. The SMILES string of the molecule is CCC(C)C(=O)OC[Si]. The Balaban J connectivity index is 3.46. The van der Waals surface area contributed by atoms with Gasteiger partial charge in [0.25, 0.3) is 0 Å². The lowest BCUT2D eigenvalue weighted by atomic mass is 10.1. The lowest BCUT2D eigenvalue weighted by molar-refractivity contribution is -0.145. The second kappa shape index (κ2) is 4.55. The molecule has 1 unspecified atom stereocenters. The standard InChI is InChI=1S/C6H11O2Si/c1-3-5(2)6(7)8-4-9/h5H,3-4H2,1-2H3. The molecule has 0 amide bonds. The van der Waals surface area contributed by atoms with Crippen molar-refractivity contribution in [2.24, 2.45) is 5.92 Å². The molecule has 0 aromatic heterocycles. The molecule has 1 atom stereocenters. The van der Waals surface area contributed by atoms with Crippen molar-refractivity contribution in [3.05, 3.63) is 0 Å². The number of hydrogen-bond acceptors (Lipinski definition) is 2. The Hall–Kier alpha value is -0.313. The summed E-state index contributed by atoms with van der Waals surface area (Å²) in [5.41, 5.74) is 0. The quantitative estimate of drug-likeness (QED) is 0.429. The van der Waals surface area contributed by atoms with Gasteiger partial charge in [-0.25, -0.2) is 0 Å². The van der Waals surface area contributed by atoms with Crippen LogP contribution < -0.4 is 0 Å². The monoisotopic (exact) mass is 143 g/mol. The lowest BCUT2D eigenvalue weighted by Gasteiger charge is -2.05. The molecule has 0 aromatic carbocycles. The molecule has 0 aliphatic carbocycles. The van der Waals surface area contributed by atoms with Gasteiger partial charge < -0.3 is 4.74 Å². The zero-order valence-electron chi connectivity index (χ0n) is 5.81. The highest BCUT2D eigenvalue weighted by molar-refractivity contribution is 6.08. The van der Waals surface area contributed by atoms with E-state index in [4.69, 9.17) is 0 Å². The number of carbonyl (C=O) groups excluding carboxylic acids is 1. The van der Waals surface area contributed by atoms with Crippen molar-refractivity contribution in [1.29, 1.82) is 0 Å². The maximum atomic E-state index is 10.7. The first-order chi connectivity index (χ1) is 4.22. The fraction of sp³-hybridized carbons (Fsp3) is 0.833. The highest BCUT2D eigenvalue weighted by Gasteiger charge is 2.09. The Morgan fingerprint density at radius 3 is 2.67 bits per heavy atom. The fourth-order valence-corrected chi connectivity index (χ4v) is 0.522. The number of ether oxygens (including phenoxy) is 1. The summed E-state index contributed by atoms with van der Waals surface area (Å²) in [7, 11) is 3.05. The first-order valence-electron chi connectivity index (χ1n) is 3.03. The number of esters is 1. The second-order valence-electron chi connectivity index (χ2n) is 1.92. The first kappa shape index (κ1) is 8.69. The Labute approximate surface area is 59.0 Å². The van der Waals surface area contributed by atoms with Crippen LogP contribution in [0.25, 0.3) is 0 Å². The van der Waals surface area contributed by atoms with Gasteiger partial charge in [0.15, 0.2) is 0 Å². The van der Waals surface area contributed by atoms with Crippen molar-refractivity contribution in [1.82, 2.24) is 0 Å². The largest absolute Gasteiger partial charge is 0.470 e. The van der Waals surface area contributed by atoms with Crippen molar-refractivity contribution in [2.45, 2.75) is 20.3 Å². The van der Waals surface area contributed by atoms with Crippen molar-refractivity contribution >= 4 is 16.2 Å². The topological polar surface area (TPSA) is 26.3 Å². The Morgan fingerprint density at radius 2 is 2.33 bits per heavy atom. The smallest absolute Gasteiger partial charge is 0.308 e. The lowest BCUT2D eigenvalue weighted by Crippen LogP contribution is -2.14. The molecule has 0 rings (SSSR count). The molecule has 0 N–H and O–H groups in total. The summed E-state index contributed by atoms with van der Waals surface area (Å²) in [4.78, 5) is 10.7. The van der Waals surface area contributed by atoms with Gasteiger partial charge in [0, 0.05) is 0 Å². The molecule has 9 heavy (non-hydrogen) atoms. The van der Waals surface area contributed by atoms with E-state index in [9.17, 15) is 4.79 Å². The summed E-state index contributed by atoms with van der Waals surface area (Å²) in [6, 6.07) is 0. The molecule has 0 bridgehead atoms. The van der Waals surface area contributed by atoms with E-state index < -0.39 is 0 Å². The zero-order valence-corrected chi connectivity index (χ0v) is 6.81. The van der Waals surface area contributed by atoms with Crippen LogP contribution in [0.5, 0.6) is 0 Å². The van der Waals surface area contributed by atoms with Gasteiger partial charge in [-0.05, 0) is 6.42 Å². The van der Waals surface area contributed by atoms with Crippen molar-refractivity contribution < 1.29 is 9.53 Å². The predicted molar refractivity (Wildman–Crippen MR) is 36.2 cm³/mol. The maximum absolute atomic E-state index is 10.7. The molecule has 3 radical (unpaired) electrons. The minimum atomic E-state index is -0.132. The Kier molecular flexibility index (Phi) is 4.40. The summed E-state index contributed by atoms with van der Waals surface area (Å²) >= 11 is 0. The Morgan fingerprint density at radius 1 is 1.78 bits per heavy atom. The molecule has 0 saturated heterocycles. The fourth-order valence-electron chi connectivity index (χ4n) is 0.380. The van der Waals surface area contributed by atoms with Crippen LogP contribution in [0.1, 0.15) is 20.3 Å². The first-order valence-corrected chi connectivity index (χ1v) is 3.74. The summed E-state index contributed by atoms with van der Waals surface area (Å²) < 4.78 is 4.67. The van der Waals surface area contributed by atoms with Gasteiger partial charge in [0.1, 0.15) is 0 Å². The van der Waals surface area contributed by atoms with Gasteiger partial charge in [-0.2, -0.15) is 0 Å². The predicted octanol–water partition coefficient (Wildman–Crippen LogP) is 0.702. The summed E-state index contributed by atoms with van der Waals surface area (Å²) in [6.45, 7) is 3.81. The molecule has 2 nitrogen and oxygen atoms in total. The maximum Gasteiger partial charge on any atom is 0.308 e. The van der Waals surface area contributed by atoms with Crippen LogP contribution in [0.2, 0.25) is 0 Å². The van der Waals surface area contributed by atoms with Gasteiger partial charge in [0.2, 0.25) is 0 Å². The molecule has 0 aliphatic rings. The van der Waals surface area contributed by atoms with Crippen molar-refractivity contribution in [3.63, 3.8) is 0 Å². The van der Waals surface area contributed by atoms with Crippen molar-refractivity contribution in [2.75, 3.05) is 6.23 Å². The van der Waals surface area contributed by atoms with E-state index in [2.05, 4.69) is 15.0 Å². The van der Waals surface area contributed by atoms with E-state index in [1.807, 2.05) is 13.8 Å². The molecule has 3 heteroatoms. The molecule has 0 heterocycles. The van der Waals surface area contributed by atoms with E-state index in [1.54, 1.807) is 0 Å². The average Bonchev–Trinajstić information content (AvgIpc) is 1.87. The third-order valence-electron chi connectivity index (χ3n) is 1.23. The van der Waals surface area contributed by atoms with Gasteiger partial charge >= 0.3 is 5.97 Å². The second-order valence-corrected chi connectivity index (χ2v) is 2.21. The van der Waals surface area contributed by atoms with Crippen LogP contribution in [0.3, 0.4) is 0 Å². The average molecular weight is 143 g/mol. The van der Waals surface area contributed by atoms with Crippen LogP contribution in [0, 0.1) is 5.92 Å². The minimum absolute atomic E-state index is 0.0290. The highest BCUT2D eigenvalue weighted by atomic mass is 28.1. The number of carbonyl (C=O) groups is 1. The molecule has 0 spiro atoms. The number of rotatable bonds is 3. The molecule has 0 fully saturated rings. The molecular formula is C6H11O2Si. The normalized spacial score (nSPS) is 12.8. The third kappa shape index (κ3) is 3.29. The number of hydrogen-bond donors (Lipinski definition) is 0. The van der Waals surface area contributed by atoms with Crippen LogP contribution in [-0.2, 0) is 9.53 Å². The van der Waals surface area contributed by atoms with Crippen LogP contribution in [-0.4, -0.2) is 22.4 Å². The van der Waals surface area contributed by atoms with E-state index in [0.717, 1.165) is 6.42 Å². The van der Waals surface area contributed by atoms with E-state index in [-0.39, 0.29) is 11.9 Å². The van der Waals surface area contributed by atoms with Gasteiger partial charge in [-0.3, -0.25) is 4.79 Å². The summed E-state index contributed by atoms with van der Waals surface area (Å²) in [5, 5.41) is 0. The van der Waals surface area contributed by atoms with Gasteiger partial charge in [0.05, 0.1) is 22.4 Å². The van der Waals surface area contributed by atoms with E-state index in [0.29, 0.717) is 6.23 Å². The van der Waals surface area contributed by atoms with Gasteiger partial charge in [-0.1, -0.05) is 13.8 Å². The minimum Gasteiger partial charge on any atom is -0.470 e. The summed E-state index contributed by atoms with van der Waals surface area (Å²) in [6.07, 6.45) is 1.13.